The second kappa shape index (κ2) is 5.30. The quantitative estimate of drug-likeness (QED) is 0.651. The van der Waals surface area contributed by atoms with Gasteiger partial charge in [0.1, 0.15) is 15.5 Å². The lowest BCUT2D eigenvalue weighted by atomic mass is 10.2. The molecule has 0 radical (unpaired) electrons. The zero-order chi connectivity index (χ0) is 13.9. The standard InChI is InChI=1S/C10H13FN2O4S/c1-7(6-18(2,16)17)12-10-8(11)4-3-5-9(10)13(14)15/h3-5,7,12H,6H2,1-2H3. The molecule has 0 aliphatic heterocycles. The maximum absolute atomic E-state index is 13.5. The van der Waals surface area contributed by atoms with Crippen molar-refractivity contribution in [1.29, 1.82) is 0 Å². The first-order chi connectivity index (χ1) is 8.20. The number of nitrogens with zero attached hydrogens (tertiary/aromatic N) is 1. The second-order valence-corrected chi connectivity index (χ2v) is 6.21. The van der Waals surface area contributed by atoms with Crippen molar-refractivity contribution in [3.63, 3.8) is 0 Å². The lowest BCUT2D eigenvalue weighted by Crippen LogP contribution is -2.25. The van der Waals surface area contributed by atoms with E-state index in [1.807, 2.05) is 0 Å². The number of sulfone groups is 1. The average Bonchev–Trinajstić information content (AvgIpc) is 2.17. The zero-order valence-corrected chi connectivity index (χ0v) is 10.7. The predicted octanol–water partition coefficient (Wildman–Crippen LogP) is 1.58. The van der Waals surface area contributed by atoms with E-state index in [2.05, 4.69) is 5.32 Å². The Morgan fingerprint density at radius 1 is 1.50 bits per heavy atom. The highest BCUT2D eigenvalue weighted by atomic mass is 32.2. The van der Waals surface area contributed by atoms with Gasteiger partial charge in [0.2, 0.25) is 0 Å². The van der Waals surface area contributed by atoms with Crippen LogP contribution < -0.4 is 5.32 Å². The number of anilines is 1. The van der Waals surface area contributed by atoms with E-state index in [-0.39, 0.29) is 11.4 Å². The molecule has 1 N–H and O–H groups in total. The topological polar surface area (TPSA) is 89.3 Å². The molecule has 1 aromatic carbocycles. The van der Waals surface area contributed by atoms with Crippen molar-refractivity contribution in [3.8, 4) is 0 Å². The highest BCUT2D eigenvalue weighted by Gasteiger charge is 2.20. The van der Waals surface area contributed by atoms with E-state index in [0.29, 0.717) is 0 Å². The Balaban J connectivity index is 3.00. The lowest BCUT2D eigenvalue weighted by molar-refractivity contribution is -0.384. The van der Waals surface area contributed by atoms with E-state index in [1.54, 1.807) is 0 Å². The van der Waals surface area contributed by atoms with Crippen LogP contribution in [0.1, 0.15) is 6.92 Å². The molecule has 6 nitrogen and oxygen atoms in total. The largest absolute Gasteiger partial charge is 0.374 e. The highest BCUT2D eigenvalue weighted by Crippen LogP contribution is 2.27. The van der Waals surface area contributed by atoms with Gasteiger partial charge in [-0.2, -0.15) is 0 Å². The Kier molecular flexibility index (Phi) is 4.23. The summed E-state index contributed by atoms with van der Waals surface area (Å²) in [5.41, 5.74) is -0.714. The third-order valence-corrected chi connectivity index (χ3v) is 3.24. The molecule has 1 unspecified atom stereocenters. The van der Waals surface area contributed by atoms with Gasteiger partial charge in [-0.05, 0) is 13.0 Å². The Hall–Kier alpha value is -1.70. The average molecular weight is 276 g/mol. The number of rotatable bonds is 5. The molecule has 0 fully saturated rings. The summed E-state index contributed by atoms with van der Waals surface area (Å²) in [4.78, 5) is 10.00. The van der Waals surface area contributed by atoms with Crippen LogP contribution >= 0.6 is 0 Å². The first-order valence-corrected chi connectivity index (χ1v) is 7.14. The van der Waals surface area contributed by atoms with Crippen LogP contribution in [-0.2, 0) is 9.84 Å². The van der Waals surface area contributed by atoms with Crippen LogP contribution in [0.25, 0.3) is 0 Å². The fourth-order valence-electron chi connectivity index (χ4n) is 1.55. The third kappa shape index (κ3) is 3.95. The summed E-state index contributed by atoms with van der Waals surface area (Å²) in [6.07, 6.45) is 1.04. The van der Waals surface area contributed by atoms with Crippen LogP contribution in [-0.4, -0.2) is 31.4 Å². The molecule has 1 atom stereocenters. The SMILES string of the molecule is CC(CS(C)(=O)=O)Nc1c(F)cccc1[N+](=O)[O-]. The van der Waals surface area contributed by atoms with Crippen molar-refractivity contribution in [2.75, 3.05) is 17.3 Å². The van der Waals surface area contributed by atoms with E-state index in [0.717, 1.165) is 18.4 Å². The Labute approximate surface area is 104 Å². The summed E-state index contributed by atoms with van der Waals surface area (Å²) in [5, 5.41) is 13.2. The number of nitro groups is 1. The number of hydrogen-bond donors (Lipinski definition) is 1. The van der Waals surface area contributed by atoms with Crippen molar-refractivity contribution in [3.05, 3.63) is 34.1 Å². The van der Waals surface area contributed by atoms with Crippen LogP contribution in [0.4, 0.5) is 15.8 Å². The minimum absolute atomic E-state index is 0.238. The summed E-state index contributed by atoms with van der Waals surface area (Å²) < 4.78 is 35.6. The van der Waals surface area contributed by atoms with Gasteiger partial charge in [0, 0.05) is 18.4 Å². The van der Waals surface area contributed by atoms with Gasteiger partial charge >= 0.3 is 0 Å². The highest BCUT2D eigenvalue weighted by molar-refractivity contribution is 7.90. The molecule has 0 aliphatic carbocycles. The molecule has 0 saturated carbocycles. The van der Waals surface area contributed by atoms with E-state index in [9.17, 15) is 22.9 Å². The van der Waals surface area contributed by atoms with Crippen LogP contribution in [0.3, 0.4) is 0 Å². The van der Waals surface area contributed by atoms with Crippen molar-refractivity contribution in [1.82, 2.24) is 0 Å². The van der Waals surface area contributed by atoms with Crippen molar-refractivity contribution in [2.24, 2.45) is 0 Å². The molecule has 8 heteroatoms. The molecule has 1 aromatic rings. The summed E-state index contributed by atoms with van der Waals surface area (Å²) in [7, 11) is -3.24. The summed E-state index contributed by atoms with van der Waals surface area (Å²) in [6, 6.07) is 2.82. The smallest absolute Gasteiger partial charge is 0.295 e. The van der Waals surface area contributed by atoms with Crippen molar-refractivity contribution in [2.45, 2.75) is 13.0 Å². The monoisotopic (exact) mass is 276 g/mol. The molecular formula is C10H13FN2O4S. The van der Waals surface area contributed by atoms with E-state index < -0.39 is 32.3 Å². The molecular weight excluding hydrogens is 263 g/mol. The fraction of sp³-hybridized carbons (Fsp3) is 0.400. The number of hydrogen-bond acceptors (Lipinski definition) is 5. The Morgan fingerprint density at radius 2 is 2.11 bits per heavy atom. The molecule has 0 heterocycles. The second-order valence-electron chi connectivity index (χ2n) is 4.03. The van der Waals surface area contributed by atoms with Gasteiger partial charge in [-0.1, -0.05) is 6.07 Å². The van der Waals surface area contributed by atoms with Gasteiger partial charge in [0.05, 0.1) is 10.7 Å². The molecule has 0 bridgehead atoms. The van der Waals surface area contributed by atoms with Gasteiger partial charge in [0.25, 0.3) is 5.69 Å². The number of nitrogens with one attached hydrogen (secondary N) is 1. The lowest BCUT2D eigenvalue weighted by Gasteiger charge is -2.14. The molecule has 100 valence electrons. The maximum Gasteiger partial charge on any atom is 0.295 e. The Morgan fingerprint density at radius 3 is 2.61 bits per heavy atom. The van der Waals surface area contributed by atoms with Crippen LogP contribution in [0.15, 0.2) is 18.2 Å². The molecule has 0 aromatic heterocycles. The minimum atomic E-state index is -3.24. The van der Waals surface area contributed by atoms with E-state index >= 15 is 0 Å². The van der Waals surface area contributed by atoms with E-state index in [1.165, 1.54) is 13.0 Å². The molecule has 0 saturated heterocycles. The van der Waals surface area contributed by atoms with Crippen LogP contribution in [0.5, 0.6) is 0 Å². The first-order valence-electron chi connectivity index (χ1n) is 5.08. The van der Waals surface area contributed by atoms with E-state index in [4.69, 9.17) is 0 Å². The number of para-hydroxylation sites is 1. The van der Waals surface area contributed by atoms with Gasteiger partial charge in [-0.25, -0.2) is 12.8 Å². The number of halogens is 1. The number of nitro benzene ring substituents is 1. The van der Waals surface area contributed by atoms with Gasteiger partial charge in [0.15, 0.2) is 5.82 Å². The Bertz CT molecular complexity index is 559. The molecule has 1 rings (SSSR count). The first kappa shape index (κ1) is 14.4. The van der Waals surface area contributed by atoms with Crippen molar-refractivity contribution >= 4 is 21.2 Å². The van der Waals surface area contributed by atoms with Gasteiger partial charge < -0.3 is 5.32 Å². The van der Waals surface area contributed by atoms with Crippen LogP contribution in [0, 0.1) is 15.9 Å². The van der Waals surface area contributed by atoms with Crippen molar-refractivity contribution < 1.29 is 17.7 Å². The summed E-state index contributed by atoms with van der Waals surface area (Å²) in [5.74, 6) is -1.03. The van der Waals surface area contributed by atoms with Gasteiger partial charge in [-0.3, -0.25) is 10.1 Å². The van der Waals surface area contributed by atoms with Gasteiger partial charge in [-0.15, -0.1) is 0 Å². The molecule has 0 spiro atoms. The maximum atomic E-state index is 13.5. The molecule has 0 aliphatic rings. The third-order valence-electron chi connectivity index (χ3n) is 2.13. The minimum Gasteiger partial charge on any atom is -0.374 e. The predicted molar refractivity (Wildman–Crippen MR) is 65.8 cm³/mol. The van der Waals surface area contributed by atoms with Crippen LogP contribution in [0.2, 0.25) is 0 Å². The summed E-state index contributed by atoms with van der Waals surface area (Å²) >= 11 is 0. The number of benzene rings is 1. The molecule has 18 heavy (non-hydrogen) atoms. The zero-order valence-electron chi connectivity index (χ0n) is 9.88. The molecule has 0 amide bonds. The fourth-order valence-corrected chi connectivity index (χ4v) is 2.54. The summed E-state index contributed by atoms with van der Waals surface area (Å²) in [6.45, 7) is 1.51. The normalized spacial score (nSPS) is 13.1.